The van der Waals surface area contributed by atoms with Crippen LogP contribution in [0, 0.1) is 0 Å². The van der Waals surface area contributed by atoms with E-state index in [1.807, 2.05) is 0 Å². The smallest absolute Gasteiger partial charge is 0 e. The Bertz CT molecular complexity index is 9.61. The molecular formula is Cl2CoFeNi. The van der Waals surface area contributed by atoms with E-state index in [-0.39, 0.29) is 33.8 Å². The van der Waals surface area contributed by atoms with Crippen LogP contribution < -0.4 is 0 Å². The number of halogens is 2. The van der Waals surface area contributed by atoms with Crippen molar-refractivity contribution in [3.8, 4) is 0 Å². The normalized spacial score (nSPS) is 4.40. The second-order valence-electron chi connectivity index (χ2n) is 0.0452. The Hall–Kier alpha value is 2.10. The first-order chi connectivity index (χ1) is 1.41. The Morgan fingerprint density at radius 3 is 1.20 bits per heavy atom. The van der Waals surface area contributed by atoms with E-state index in [1.54, 1.807) is 0 Å². The molecule has 5 heavy (non-hydrogen) atoms. The van der Waals surface area contributed by atoms with E-state index < -0.39 is 0 Å². The third-order valence-corrected chi connectivity index (χ3v) is 0. The molecule has 0 spiro atoms. The molecule has 0 aromatic rings. The van der Waals surface area contributed by atoms with Gasteiger partial charge in [-0.2, -0.15) is 0 Å². The molecule has 0 rings (SSSR count). The van der Waals surface area contributed by atoms with Gasteiger partial charge in [-0.15, -0.1) is 0 Å². The van der Waals surface area contributed by atoms with E-state index in [0.717, 1.165) is 0 Å². The minimum atomic E-state index is 0. The average Bonchev–Trinajstić information content (AvgIpc) is 0.918. The predicted octanol–water partition coefficient (Wildman–Crippen LogP) is 1.37. The van der Waals surface area contributed by atoms with Crippen molar-refractivity contribution in [3.05, 3.63) is 0 Å². The van der Waals surface area contributed by atoms with Gasteiger partial charge in [0.1, 0.15) is 0 Å². The first-order valence-corrected chi connectivity index (χ1v) is 2.96. The average molecular weight is 244 g/mol. The topological polar surface area (TPSA) is 0 Å². The molecule has 41 valence electrons. The molecule has 5 heteroatoms. The fourth-order valence-electron chi connectivity index (χ4n) is 0. The van der Waals surface area contributed by atoms with Gasteiger partial charge in [-0.25, -0.2) is 0 Å². The number of hydrogen-bond donors (Lipinski definition) is 0. The molecule has 0 fully saturated rings. The summed E-state index contributed by atoms with van der Waals surface area (Å²) in [5, 5.41) is 0. The molecule has 0 aliphatic heterocycles. The number of rotatable bonds is 0. The predicted molar refractivity (Wildman–Crippen MR) is 11.7 cm³/mol. The van der Waals surface area contributed by atoms with Gasteiger partial charge in [-0.3, -0.25) is 0 Å². The molecule has 1 radical (unpaired) electrons. The van der Waals surface area contributed by atoms with Gasteiger partial charge >= 0.3 is 33.0 Å². The van der Waals surface area contributed by atoms with E-state index in [9.17, 15) is 0 Å². The molecule has 0 aromatic carbocycles. The Kier molecular flexibility index (Phi) is 51.9. The van der Waals surface area contributed by atoms with Gasteiger partial charge in [0.2, 0.25) is 0 Å². The summed E-state index contributed by atoms with van der Waals surface area (Å²) in [4.78, 5) is 0. The van der Waals surface area contributed by atoms with E-state index in [0.29, 0.717) is 12.7 Å². The fraction of sp³-hybridized carbons (Fsp3) is 0. The van der Waals surface area contributed by atoms with Crippen LogP contribution in [0.25, 0.3) is 0 Å². The maximum Gasteiger partial charge on any atom is 0 e. The third kappa shape index (κ3) is 23.3. The molecule has 0 amide bonds. The molecule has 0 aromatic heterocycles. The monoisotopic (exact) mass is 243 g/mol. The molecule has 0 aliphatic carbocycles. The SMILES string of the molecule is [Cl][Ni][Cl].[Co].[Fe]. The van der Waals surface area contributed by atoms with Gasteiger partial charge in [0, 0.05) is 33.8 Å². The van der Waals surface area contributed by atoms with Gasteiger partial charge < -0.3 is 0 Å². The summed E-state index contributed by atoms with van der Waals surface area (Å²) in [6, 6.07) is 0. The summed E-state index contributed by atoms with van der Waals surface area (Å²) >= 11 is 0.569. The quantitative estimate of drug-likeness (QED) is 0.565. The standard InChI is InChI=1S/2ClH.Co.Fe.Ni/h2*1H;;;/q;;;;+2/p-2. The van der Waals surface area contributed by atoms with Crippen molar-refractivity contribution >= 4 is 20.4 Å². The second-order valence-corrected chi connectivity index (χ2v) is 1.68. The van der Waals surface area contributed by atoms with Crippen LogP contribution in [-0.4, -0.2) is 0 Å². The third-order valence-electron chi connectivity index (χ3n) is 0. The van der Waals surface area contributed by atoms with Gasteiger partial charge in [0.25, 0.3) is 0 Å². The molecule has 0 bridgehead atoms. The first kappa shape index (κ1) is 15.7. The van der Waals surface area contributed by atoms with Gasteiger partial charge in [-0.05, 0) is 0 Å². The van der Waals surface area contributed by atoms with Gasteiger partial charge in [-0.1, -0.05) is 0 Å². The van der Waals surface area contributed by atoms with Crippen molar-refractivity contribution in [2.24, 2.45) is 0 Å². The fourth-order valence-corrected chi connectivity index (χ4v) is 0. The van der Waals surface area contributed by atoms with Gasteiger partial charge in [0.05, 0.1) is 0 Å². The molecule has 0 saturated heterocycles. The molecule has 0 aliphatic rings. The Morgan fingerprint density at radius 1 is 1.20 bits per heavy atom. The van der Waals surface area contributed by atoms with Crippen LogP contribution in [-0.2, 0) is 46.5 Å². The maximum atomic E-state index is 4.70. The summed E-state index contributed by atoms with van der Waals surface area (Å²) in [6.07, 6.45) is 0. The Balaban J connectivity index is -0.0000000200. The van der Waals surface area contributed by atoms with Crippen molar-refractivity contribution < 1.29 is 46.5 Å². The van der Waals surface area contributed by atoms with Crippen molar-refractivity contribution in [2.45, 2.75) is 0 Å². The van der Waals surface area contributed by atoms with Crippen molar-refractivity contribution in [2.75, 3.05) is 0 Å². The molecule has 0 atom stereocenters. The maximum absolute atomic E-state index is 4.70. The molecule has 0 unspecified atom stereocenters. The van der Waals surface area contributed by atoms with E-state index >= 15 is 0 Å². The largest absolute Gasteiger partial charge is 0 e. The van der Waals surface area contributed by atoms with Crippen LogP contribution in [0.5, 0.6) is 0 Å². The zero-order valence-electron chi connectivity index (χ0n) is 1.76. The van der Waals surface area contributed by atoms with E-state index in [4.69, 9.17) is 20.4 Å². The van der Waals surface area contributed by atoms with Crippen molar-refractivity contribution in [1.29, 1.82) is 0 Å². The molecule has 0 heterocycles. The zero-order valence-corrected chi connectivity index (χ0v) is 6.40. The summed E-state index contributed by atoms with van der Waals surface area (Å²) in [6.45, 7) is 0. The van der Waals surface area contributed by atoms with Crippen LogP contribution in [0.15, 0.2) is 0 Å². The summed E-state index contributed by atoms with van der Waals surface area (Å²) in [5.74, 6) is 0. The Labute approximate surface area is 66.4 Å². The van der Waals surface area contributed by atoms with Crippen LogP contribution >= 0.6 is 20.4 Å². The van der Waals surface area contributed by atoms with Crippen molar-refractivity contribution in [1.82, 2.24) is 0 Å². The molecule has 0 nitrogen and oxygen atoms in total. The van der Waals surface area contributed by atoms with Gasteiger partial charge in [0.15, 0.2) is 0 Å². The summed E-state index contributed by atoms with van der Waals surface area (Å²) in [5.41, 5.74) is 0. The van der Waals surface area contributed by atoms with Crippen LogP contribution in [0.3, 0.4) is 0 Å². The number of hydrogen-bond acceptors (Lipinski definition) is 0. The minimum Gasteiger partial charge on any atom is 0 e. The zero-order chi connectivity index (χ0) is 2.71. The Morgan fingerprint density at radius 2 is 1.20 bits per heavy atom. The van der Waals surface area contributed by atoms with E-state index in [1.165, 1.54) is 0 Å². The van der Waals surface area contributed by atoms with Crippen LogP contribution in [0.4, 0.5) is 0 Å². The van der Waals surface area contributed by atoms with Crippen LogP contribution in [0.1, 0.15) is 0 Å². The first-order valence-electron chi connectivity index (χ1n) is 0.239. The summed E-state index contributed by atoms with van der Waals surface area (Å²) in [7, 11) is 9.40. The molecular weight excluding hydrogens is 244 g/mol. The van der Waals surface area contributed by atoms with Crippen molar-refractivity contribution in [3.63, 3.8) is 0 Å². The second kappa shape index (κ2) is 16.5. The van der Waals surface area contributed by atoms with Crippen LogP contribution in [0.2, 0.25) is 0 Å². The molecule has 0 saturated carbocycles. The summed E-state index contributed by atoms with van der Waals surface area (Å²) < 4.78 is 0. The molecule has 0 N–H and O–H groups in total. The minimum absolute atomic E-state index is 0. The van der Waals surface area contributed by atoms with E-state index in [2.05, 4.69) is 0 Å².